The topological polar surface area (TPSA) is 61.9 Å². The van der Waals surface area contributed by atoms with Crippen molar-refractivity contribution in [2.45, 2.75) is 13.5 Å². The van der Waals surface area contributed by atoms with E-state index in [0.29, 0.717) is 12.1 Å². The zero-order valence-electron chi connectivity index (χ0n) is 16.5. The van der Waals surface area contributed by atoms with Gasteiger partial charge in [0.25, 0.3) is 5.91 Å². The molecule has 0 aliphatic carbocycles. The van der Waals surface area contributed by atoms with Gasteiger partial charge in [0.15, 0.2) is 0 Å². The van der Waals surface area contributed by atoms with E-state index < -0.39 is 0 Å². The summed E-state index contributed by atoms with van der Waals surface area (Å²) in [6.45, 7) is 5.73. The van der Waals surface area contributed by atoms with Crippen LogP contribution in [0.1, 0.15) is 21.5 Å². The Kier molecular flexibility index (Phi) is 6.66. The molecular weight excluding hydrogens is 354 g/mol. The first-order valence-corrected chi connectivity index (χ1v) is 9.53. The second kappa shape index (κ2) is 9.37. The zero-order chi connectivity index (χ0) is 19.9. The Morgan fingerprint density at radius 1 is 1.11 bits per heavy atom. The van der Waals surface area contributed by atoms with E-state index >= 15 is 0 Å². The van der Waals surface area contributed by atoms with Gasteiger partial charge in [0.2, 0.25) is 5.91 Å². The molecule has 1 N–H and O–H groups in total. The van der Waals surface area contributed by atoms with Gasteiger partial charge in [-0.25, -0.2) is 0 Å². The molecule has 1 saturated heterocycles. The van der Waals surface area contributed by atoms with Crippen molar-refractivity contribution in [3.63, 3.8) is 0 Å². The minimum Gasteiger partial charge on any atom is -0.378 e. The number of morpholine rings is 1. The fourth-order valence-electron chi connectivity index (χ4n) is 3.17. The number of carbonyl (C=O) groups is 2. The summed E-state index contributed by atoms with van der Waals surface area (Å²) in [7, 11) is 1.75. The van der Waals surface area contributed by atoms with Crippen molar-refractivity contribution in [3.8, 4) is 0 Å². The molecule has 2 amide bonds. The van der Waals surface area contributed by atoms with Crippen LogP contribution in [0.2, 0.25) is 0 Å². The van der Waals surface area contributed by atoms with E-state index in [2.05, 4.69) is 22.3 Å². The number of nitrogens with one attached hydrogen (secondary N) is 1. The van der Waals surface area contributed by atoms with Crippen LogP contribution in [0, 0.1) is 6.92 Å². The summed E-state index contributed by atoms with van der Waals surface area (Å²) < 4.78 is 5.38. The number of likely N-dealkylation sites (N-methyl/N-ethyl adjacent to an activating group) is 1. The summed E-state index contributed by atoms with van der Waals surface area (Å²) in [6.07, 6.45) is 0. The van der Waals surface area contributed by atoms with E-state index in [0.717, 1.165) is 37.4 Å². The standard InChI is InChI=1S/C22H27N3O3/c1-17-4-3-5-19(14-17)22(27)23-15-21(26)24(2)16-18-6-8-20(9-7-18)25-10-12-28-13-11-25/h3-9,14H,10-13,15-16H2,1-2H3,(H,23,27). The number of benzene rings is 2. The lowest BCUT2D eigenvalue weighted by Gasteiger charge is -2.29. The third-order valence-electron chi connectivity index (χ3n) is 4.84. The van der Waals surface area contributed by atoms with Gasteiger partial charge in [-0.2, -0.15) is 0 Å². The fourth-order valence-corrected chi connectivity index (χ4v) is 3.17. The van der Waals surface area contributed by atoms with Crippen molar-refractivity contribution in [1.29, 1.82) is 0 Å². The third-order valence-corrected chi connectivity index (χ3v) is 4.84. The summed E-state index contributed by atoms with van der Waals surface area (Å²) in [6, 6.07) is 15.6. The summed E-state index contributed by atoms with van der Waals surface area (Å²) in [5.74, 6) is -0.362. The van der Waals surface area contributed by atoms with Crippen LogP contribution in [0.15, 0.2) is 48.5 Å². The SMILES string of the molecule is Cc1cccc(C(=O)NCC(=O)N(C)Cc2ccc(N3CCOCC3)cc2)c1. The highest BCUT2D eigenvalue weighted by molar-refractivity contribution is 5.96. The van der Waals surface area contributed by atoms with E-state index in [1.807, 2.05) is 31.2 Å². The number of amides is 2. The first-order valence-electron chi connectivity index (χ1n) is 9.53. The highest BCUT2D eigenvalue weighted by atomic mass is 16.5. The van der Waals surface area contributed by atoms with Crippen molar-refractivity contribution >= 4 is 17.5 Å². The largest absolute Gasteiger partial charge is 0.378 e. The van der Waals surface area contributed by atoms with E-state index in [-0.39, 0.29) is 18.4 Å². The van der Waals surface area contributed by atoms with Crippen LogP contribution in [0.25, 0.3) is 0 Å². The van der Waals surface area contributed by atoms with Gasteiger partial charge < -0.3 is 19.9 Å². The Balaban J connectivity index is 1.49. The number of aryl methyl sites for hydroxylation is 1. The molecule has 28 heavy (non-hydrogen) atoms. The molecule has 2 aromatic carbocycles. The molecule has 0 unspecified atom stereocenters. The first kappa shape index (κ1) is 19.9. The lowest BCUT2D eigenvalue weighted by Crippen LogP contribution is -2.38. The summed E-state index contributed by atoms with van der Waals surface area (Å²) in [5.41, 5.74) is 3.80. The van der Waals surface area contributed by atoms with Crippen LogP contribution in [0.4, 0.5) is 5.69 Å². The van der Waals surface area contributed by atoms with Crippen LogP contribution < -0.4 is 10.2 Å². The number of rotatable bonds is 6. The number of anilines is 1. The van der Waals surface area contributed by atoms with E-state index in [1.54, 1.807) is 24.1 Å². The number of ether oxygens (including phenoxy) is 1. The zero-order valence-corrected chi connectivity index (χ0v) is 16.5. The smallest absolute Gasteiger partial charge is 0.251 e. The van der Waals surface area contributed by atoms with Crippen molar-refractivity contribution in [2.24, 2.45) is 0 Å². The predicted octanol–water partition coefficient (Wildman–Crippen LogP) is 2.22. The minimum atomic E-state index is -0.236. The van der Waals surface area contributed by atoms with E-state index in [1.165, 1.54) is 5.69 Å². The van der Waals surface area contributed by atoms with E-state index in [4.69, 9.17) is 4.74 Å². The van der Waals surface area contributed by atoms with Gasteiger partial charge in [-0.3, -0.25) is 9.59 Å². The molecule has 0 radical (unpaired) electrons. The predicted molar refractivity (Wildman–Crippen MR) is 109 cm³/mol. The Hall–Kier alpha value is -2.86. The average molecular weight is 381 g/mol. The quantitative estimate of drug-likeness (QED) is 0.834. The Morgan fingerprint density at radius 2 is 1.82 bits per heavy atom. The minimum absolute atomic E-state index is 0.0187. The average Bonchev–Trinajstić information content (AvgIpc) is 2.73. The maximum Gasteiger partial charge on any atom is 0.251 e. The van der Waals surface area contributed by atoms with Gasteiger partial charge in [-0.1, -0.05) is 29.8 Å². The van der Waals surface area contributed by atoms with Gasteiger partial charge in [-0.15, -0.1) is 0 Å². The normalized spacial score (nSPS) is 13.9. The molecule has 0 spiro atoms. The van der Waals surface area contributed by atoms with Gasteiger partial charge in [0, 0.05) is 37.9 Å². The van der Waals surface area contributed by atoms with Crippen LogP contribution in [-0.4, -0.2) is 56.6 Å². The molecule has 0 aromatic heterocycles. The monoisotopic (exact) mass is 381 g/mol. The van der Waals surface area contributed by atoms with Crippen LogP contribution in [0.5, 0.6) is 0 Å². The van der Waals surface area contributed by atoms with Gasteiger partial charge in [0.1, 0.15) is 0 Å². The van der Waals surface area contributed by atoms with Crippen LogP contribution >= 0.6 is 0 Å². The van der Waals surface area contributed by atoms with Gasteiger partial charge >= 0.3 is 0 Å². The molecule has 1 fully saturated rings. The van der Waals surface area contributed by atoms with Crippen molar-refractivity contribution < 1.29 is 14.3 Å². The maximum atomic E-state index is 12.4. The summed E-state index contributed by atoms with van der Waals surface area (Å²) >= 11 is 0. The highest BCUT2D eigenvalue weighted by Gasteiger charge is 2.14. The number of carbonyl (C=O) groups excluding carboxylic acids is 2. The molecule has 1 aliphatic rings. The lowest BCUT2D eigenvalue weighted by molar-refractivity contribution is -0.129. The molecule has 1 heterocycles. The second-order valence-electron chi connectivity index (χ2n) is 7.07. The summed E-state index contributed by atoms with van der Waals surface area (Å²) in [5, 5.41) is 2.70. The van der Waals surface area contributed by atoms with E-state index in [9.17, 15) is 9.59 Å². The summed E-state index contributed by atoms with van der Waals surface area (Å²) in [4.78, 5) is 28.4. The second-order valence-corrected chi connectivity index (χ2v) is 7.07. The molecule has 3 rings (SSSR count). The molecule has 1 aliphatic heterocycles. The molecule has 6 heteroatoms. The highest BCUT2D eigenvalue weighted by Crippen LogP contribution is 2.17. The molecule has 0 saturated carbocycles. The number of hydrogen-bond acceptors (Lipinski definition) is 4. The lowest BCUT2D eigenvalue weighted by atomic mass is 10.1. The Bertz CT molecular complexity index is 814. The number of nitrogens with zero attached hydrogens (tertiary/aromatic N) is 2. The van der Waals surface area contributed by atoms with Crippen molar-refractivity contribution in [1.82, 2.24) is 10.2 Å². The Labute approximate surface area is 166 Å². The molecular formula is C22H27N3O3. The van der Waals surface area contributed by atoms with Gasteiger partial charge in [0.05, 0.1) is 19.8 Å². The molecule has 6 nitrogen and oxygen atoms in total. The molecule has 0 atom stereocenters. The first-order chi connectivity index (χ1) is 13.5. The van der Waals surface area contributed by atoms with Crippen molar-refractivity contribution in [2.75, 3.05) is 44.8 Å². The maximum absolute atomic E-state index is 12.4. The molecule has 148 valence electrons. The molecule has 0 bridgehead atoms. The van der Waals surface area contributed by atoms with Crippen molar-refractivity contribution in [3.05, 3.63) is 65.2 Å². The van der Waals surface area contributed by atoms with Crippen LogP contribution in [-0.2, 0) is 16.1 Å². The van der Waals surface area contributed by atoms with Crippen LogP contribution in [0.3, 0.4) is 0 Å². The molecule has 2 aromatic rings. The fraction of sp³-hybridized carbons (Fsp3) is 0.364. The van der Waals surface area contributed by atoms with Gasteiger partial charge in [-0.05, 0) is 36.8 Å². The third kappa shape index (κ3) is 5.33. The Morgan fingerprint density at radius 3 is 2.50 bits per heavy atom. The number of hydrogen-bond donors (Lipinski definition) is 1.